The van der Waals surface area contributed by atoms with E-state index in [1.165, 1.54) is 24.3 Å². The molecule has 0 saturated carbocycles. The van der Waals surface area contributed by atoms with Gasteiger partial charge in [0.25, 0.3) is 0 Å². The quantitative estimate of drug-likeness (QED) is 0.187. The Balaban J connectivity index is 1.87. The van der Waals surface area contributed by atoms with Crippen LogP contribution in [0.1, 0.15) is 22.3 Å². The van der Waals surface area contributed by atoms with Gasteiger partial charge in [0, 0.05) is 5.56 Å². The van der Waals surface area contributed by atoms with Crippen LogP contribution in [0.3, 0.4) is 0 Å². The number of allylic oxidation sites excluding steroid dienone is 4. The SMILES string of the molecule is Cc1ccc(C#Cc2c(F)c(F)c(-c3c(F)c(F)c(C#CC4C=CC=C4)c(F)c3F)c(F)c2F)cc1. The van der Waals surface area contributed by atoms with Gasteiger partial charge in [-0.2, -0.15) is 0 Å². The topological polar surface area (TPSA) is 0 Å². The summed E-state index contributed by atoms with van der Waals surface area (Å²) in [4.78, 5) is 0. The standard InChI is InChI=1S/C28H12F8/c1-14-6-8-16(9-7-14)11-13-18-23(31)27(35)20(28(36)24(18)32)19-25(33)21(29)17(22(30)26(19)34)12-10-15-4-2-3-5-15/h2-9,15H,1H3. The molecule has 1 aliphatic carbocycles. The van der Waals surface area contributed by atoms with Gasteiger partial charge in [-0.25, -0.2) is 35.1 Å². The first kappa shape index (κ1) is 24.8. The van der Waals surface area contributed by atoms with E-state index in [0.717, 1.165) is 5.56 Å². The van der Waals surface area contributed by atoms with Gasteiger partial charge in [-0.15, -0.1) is 0 Å². The van der Waals surface area contributed by atoms with Crippen molar-refractivity contribution in [2.75, 3.05) is 0 Å². The molecule has 0 saturated heterocycles. The van der Waals surface area contributed by atoms with E-state index in [-0.39, 0.29) is 5.56 Å². The zero-order valence-electron chi connectivity index (χ0n) is 18.2. The molecule has 0 amide bonds. The van der Waals surface area contributed by atoms with Crippen LogP contribution < -0.4 is 0 Å². The van der Waals surface area contributed by atoms with Crippen LogP contribution in [0.2, 0.25) is 0 Å². The molecule has 3 aromatic rings. The first-order chi connectivity index (χ1) is 17.1. The van der Waals surface area contributed by atoms with Crippen molar-refractivity contribution >= 4 is 0 Å². The smallest absolute Gasteiger partial charge is 0.178 e. The van der Waals surface area contributed by atoms with Crippen LogP contribution in [-0.2, 0) is 0 Å². The summed E-state index contributed by atoms with van der Waals surface area (Å²) in [6.07, 6.45) is 6.23. The highest BCUT2D eigenvalue weighted by Gasteiger charge is 2.33. The number of hydrogen-bond donors (Lipinski definition) is 0. The second-order valence-electron chi connectivity index (χ2n) is 7.69. The number of aryl methyl sites for hydroxylation is 1. The molecule has 180 valence electrons. The minimum Gasteiger partial charge on any atom is -0.203 e. The molecule has 8 heteroatoms. The lowest BCUT2D eigenvalue weighted by atomic mass is 9.97. The minimum atomic E-state index is -2.28. The van der Waals surface area contributed by atoms with Crippen LogP contribution in [0.15, 0.2) is 48.6 Å². The molecule has 0 bridgehead atoms. The lowest BCUT2D eigenvalue weighted by Gasteiger charge is -2.13. The third-order valence-electron chi connectivity index (χ3n) is 5.27. The van der Waals surface area contributed by atoms with Gasteiger partial charge in [-0.3, -0.25) is 0 Å². The van der Waals surface area contributed by atoms with Crippen LogP contribution in [0.4, 0.5) is 35.1 Å². The van der Waals surface area contributed by atoms with Crippen molar-refractivity contribution in [2.24, 2.45) is 5.92 Å². The maximum atomic E-state index is 14.8. The molecule has 4 rings (SSSR count). The average Bonchev–Trinajstić information content (AvgIpc) is 3.38. The molecule has 0 atom stereocenters. The summed E-state index contributed by atoms with van der Waals surface area (Å²) in [6, 6.07) is 6.23. The molecule has 1 aliphatic rings. The van der Waals surface area contributed by atoms with Crippen LogP contribution in [0, 0.1) is 83.1 Å². The van der Waals surface area contributed by atoms with Crippen LogP contribution in [-0.4, -0.2) is 0 Å². The molecule has 3 aromatic carbocycles. The van der Waals surface area contributed by atoms with Crippen molar-refractivity contribution < 1.29 is 35.1 Å². The highest BCUT2D eigenvalue weighted by Crippen LogP contribution is 2.38. The van der Waals surface area contributed by atoms with E-state index in [1.54, 1.807) is 31.2 Å². The van der Waals surface area contributed by atoms with Gasteiger partial charge in [0.1, 0.15) is 11.1 Å². The first-order valence-corrected chi connectivity index (χ1v) is 10.3. The summed E-state index contributed by atoms with van der Waals surface area (Å²) in [5.41, 5.74) is -5.51. The van der Waals surface area contributed by atoms with Crippen molar-refractivity contribution in [3.63, 3.8) is 0 Å². The summed E-state index contributed by atoms with van der Waals surface area (Å²) in [5, 5.41) is 0. The van der Waals surface area contributed by atoms with Crippen LogP contribution in [0.5, 0.6) is 0 Å². The van der Waals surface area contributed by atoms with Gasteiger partial charge in [0.15, 0.2) is 46.5 Å². The highest BCUT2D eigenvalue weighted by atomic mass is 19.2. The maximum absolute atomic E-state index is 14.8. The molecule has 0 fully saturated rings. The van der Waals surface area contributed by atoms with Gasteiger partial charge in [-0.05, 0) is 19.1 Å². The summed E-state index contributed by atoms with van der Waals surface area (Å²) in [6.45, 7) is 1.77. The molecule has 0 nitrogen and oxygen atoms in total. The largest absolute Gasteiger partial charge is 0.203 e. The van der Waals surface area contributed by atoms with Crippen molar-refractivity contribution in [1.29, 1.82) is 0 Å². The van der Waals surface area contributed by atoms with Gasteiger partial charge < -0.3 is 0 Å². The van der Waals surface area contributed by atoms with Crippen molar-refractivity contribution in [1.82, 2.24) is 0 Å². The first-order valence-electron chi connectivity index (χ1n) is 10.3. The lowest BCUT2D eigenvalue weighted by Crippen LogP contribution is -2.10. The molecular formula is C28H12F8. The zero-order chi connectivity index (χ0) is 26.1. The Kier molecular flexibility index (Phi) is 6.72. The van der Waals surface area contributed by atoms with Gasteiger partial charge in [0.2, 0.25) is 0 Å². The van der Waals surface area contributed by atoms with Gasteiger partial charge in [-0.1, -0.05) is 65.7 Å². The minimum absolute atomic E-state index is 0.255. The Morgan fingerprint density at radius 1 is 0.528 bits per heavy atom. The Morgan fingerprint density at radius 3 is 1.39 bits per heavy atom. The predicted octanol–water partition coefficient (Wildman–Crippen LogP) is 7.27. The Bertz CT molecular complexity index is 1500. The molecule has 0 heterocycles. The normalized spacial score (nSPS) is 12.4. The summed E-state index contributed by atoms with van der Waals surface area (Å²) < 4.78 is 117. The van der Waals surface area contributed by atoms with E-state index in [9.17, 15) is 35.1 Å². The fourth-order valence-electron chi connectivity index (χ4n) is 3.38. The molecule has 0 unspecified atom stereocenters. The van der Waals surface area contributed by atoms with E-state index < -0.39 is 74.7 Å². The molecule has 36 heavy (non-hydrogen) atoms. The summed E-state index contributed by atoms with van der Waals surface area (Å²) in [5.74, 6) is -9.48. The van der Waals surface area contributed by atoms with Crippen LogP contribution >= 0.6 is 0 Å². The number of hydrogen-bond acceptors (Lipinski definition) is 0. The second-order valence-corrected chi connectivity index (χ2v) is 7.69. The van der Waals surface area contributed by atoms with E-state index in [1.807, 2.05) is 11.8 Å². The average molecular weight is 500 g/mol. The molecule has 0 N–H and O–H groups in total. The fourth-order valence-corrected chi connectivity index (χ4v) is 3.38. The van der Waals surface area contributed by atoms with E-state index >= 15 is 0 Å². The Morgan fingerprint density at radius 2 is 0.944 bits per heavy atom. The third-order valence-corrected chi connectivity index (χ3v) is 5.27. The van der Waals surface area contributed by atoms with Gasteiger partial charge in [0.05, 0.1) is 17.0 Å². The third kappa shape index (κ3) is 4.38. The molecule has 0 radical (unpaired) electrons. The number of halogens is 8. The maximum Gasteiger partial charge on any atom is 0.178 e. The number of benzene rings is 3. The lowest BCUT2D eigenvalue weighted by molar-refractivity contribution is 0.438. The molecular weight excluding hydrogens is 488 g/mol. The van der Waals surface area contributed by atoms with Crippen molar-refractivity contribution in [2.45, 2.75) is 6.92 Å². The zero-order valence-corrected chi connectivity index (χ0v) is 18.2. The van der Waals surface area contributed by atoms with Crippen LogP contribution in [0.25, 0.3) is 11.1 Å². The molecule has 0 spiro atoms. The highest BCUT2D eigenvalue weighted by molar-refractivity contribution is 5.70. The molecule has 0 aromatic heterocycles. The second kappa shape index (κ2) is 9.75. The fraction of sp³-hybridized carbons (Fsp3) is 0.0714. The van der Waals surface area contributed by atoms with E-state index in [4.69, 9.17) is 0 Å². The number of rotatable bonds is 1. The summed E-state index contributed by atoms with van der Waals surface area (Å²) in [7, 11) is 0. The van der Waals surface area contributed by atoms with Crippen molar-refractivity contribution in [3.8, 4) is 34.8 Å². The predicted molar refractivity (Wildman–Crippen MR) is 117 cm³/mol. The Hall–Kier alpha value is -4.30. The van der Waals surface area contributed by atoms with Gasteiger partial charge >= 0.3 is 0 Å². The van der Waals surface area contributed by atoms with E-state index in [0.29, 0.717) is 0 Å². The monoisotopic (exact) mass is 500 g/mol. The van der Waals surface area contributed by atoms with Crippen molar-refractivity contribution in [3.05, 3.63) is 117 Å². The summed E-state index contributed by atoms with van der Waals surface area (Å²) >= 11 is 0. The van der Waals surface area contributed by atoms with E-state index in [2.05, 4.69) is 11.8 Å². The molecule has 0 aliphatic heterocycles. The Labute approximate surface area is 200 Å².